The monoisotopic (exact) mass is 288 g/mol. The molecule has 1 heterocycles. The van der Waals surface area contributed by atoms with Crippen molar-refractivity contribution in [3.05, 3.63) is 29.8 Å². The fourth-order valence-corrected chi connectivity index (χ4v) is 3.96. The summed E-state index contributed by atoms with van der Waals surface area (Å²) in [6, 6.07) is 8.53. The van der Waals surface area contributed by atoms with Crippen LogP contribution < -0.4 is 10.1 Å². The minimum absolute atomic E-state index is 0.201. The van der Waals surface area contributed by atoms with Gasteiger partial charge in [-0.15, -0.1) is 0 Å². The molecule has 0 unspecified atom stereocenters. The van der Waals surface area contributed by atoms with Gasteiger partial charge in [0.1, 0.15) is 5.75 Å². The van der Waals surface area contributed by atoms with Gasteiger partial charge in [-0.1, -0.05) is 25.0 Å². The summed E-state index contributed by atoms with van der Waals surface area (Å²) in [6.45, 7) is 7.90. The molecule has 0 atom stereocenters. The summed E-state index contributed by atoms with van der Waals surface area (Å²) in [5.74, 6) is 0.961. The van der Waals surface area contributed by atoms with Crippen molar-refractivity contribution in [3.63, 3.8) is 0 Å². The van der Waals surface area contributed by atoms with Gasteiger partial charge in [-0.25, -0.2) is 0 Å². The van der Waals surface area contributed by atoms with E-state index in [0.29, 0.717) is 5.54 Å². The van der Waals surface area contributed by atoms with Crippen molar-refractivity contribution in [3.8, 4) is 5.75 Å². The van der Waals surface area contributed by atoms with Gasteiger partial charge in [0.15, 0.2) is 0 Å². The summed E-state index contributed by atoms with van der Waals surface area (Å²) in [5, 5.41) is 3.76. The molecule has 0 aromatic heterocycles. The van der Waals surface area contributed by atoms with Gasteiger partial charge in [-0.05, 0) is 44.4 Å². The van der Waals surface area contributed by atoms with Gasteiger partial charge in [-0.3, -0.25) is 4.90 Å². The molecule has 1 saturated carbocycles. The van der Waals surface area contributed by atoms with E-state index in [1.807, 2.05) is 6.07 Å². The predicted molar refractivity (Wildman–Crippen MR) is 86.7 cm³/mol. The second kappa shape index (κ2) is 5.62. The molecule has 1 aromatic rings. The molecule has 1 aliphatic heterocycles. The molecule has 0 amide bonds. The van der Waals surface area contributed by atoms with Crippen molar-refractivity contribution in [2.75, 3.05) is 20.2 Å². The van der Waals surface area contributed by atoms with Gasteiger partial charge in [-0.2, -0.15) is 0 Å². The number of hydrogen-bond donors (Lipinski definition) is 1. The average molecular weight is 288 g/mol. The maximum atomic E-state index is 5.37. The maximum Gasteiger partial charge on any atom is 0.119 e. The fraction of sp³-hybridized carbons (Fsp3) is 0.667. The molecule has 3 nitrogen and oxygen atoms in total. The lowest BCUT2D eigenvalue weighted by Gasteiger charge is -2.51. The van der Waals surface area contributed by atoms with E-state index in [0.717, 1.165) is 25.4 Å². The summed E-state index contributed by atoms with van der Waals surface area (Å²) in [5.41, 5.74) is 1.93. The van der Waals surface area contributed by atoms with Gasteiger partial charge in [0, 0.05) is 30.7 Å². The lowest BCUT2D eigenvalue weighted by Crippen LogP contribution is -2.66. The van der Waals surface area contributed by atoms with Crippen LogP contribution in [0.25, 0.3) is 0 Å². The number of ether oxygens (including phenoxy) is 1. The van der Waals surface area contributed by atoms with Crippen molar-refractivity contribution >= 4 is 0 Å². The Morgan fingerprint density at radius 3 is 2.71 bits per heavy atom. The minimum atomic E-state index is 0.201. The Morgan fingerprint density at radius 1 is 1.24 bits per heavy atom. The van der Waals surface area contributed by atoms with Gasteiger partial charge >= 0.3 is 0 Å². The van der Waals surface area contributed by atoms with Gasteiger partial charge in [0.2, 0.25) is 0 Å². The molecule has 1 aliphatic carbocycles. The Bertz CT molecular complexity index is 492. The number of methoxy groups -OCH3 is 1. The summed E-state index contributed by atoms with van der Waals surface area (Å²) < 4.78 is 5.37. The van der Waals surface area contributed by atoms with E-state index in [1.54, 1.807) is 7.11 Å². The second-order valence-corrected chi connectivity index (χ2v) is 7.38. The topological polar surface area (TPSA) is 24.5 Å². The number of benzene rings is 1. The fourth-order valence-electron chi connectivity index (χ4n) is 3.96. The van der Waals surface area contributed by atoms with Crippen LogP contribution in [0.2, 0.25) is 0 Å². The highest BCUT2D eigenvalue weighted by molar-refractivity contribution is 5.28. The quantitative estimate of drug-likeness (QED) is 0.924. The van der Waals surface area contributed by atoms with Crippen LogP contribution in [0, 0.1) is 0 Å². The van der Waals surface area contributed by atoms with Gasteiger partial charge in [0.05, 0.1) is 7.11 Å². The highest BCUT2D eigenvalue weighted by Crippen LogP contribution is 2.39. The Balaban J connectivity index is 1.81. The number of nitrogens with zero attached hydrogens (tertiary/aromatic N) is 1. The van der Waals surface area contributed by atoms with Crippen molar-refractivity contribution < 1.29 is 4.74 Å². The number of rotatable bonds is 3. The van der Waals surface area contributed by atoms with Gasteiger partial charge in [0.25, 0.3) is 0 Å². The van der Waals surface area contributed by atoms with Crippen LogP contribution in [0.1, 0.15) is 45.1 Å². The first-order valence-corrected chi connectivity index (χ1v) is 8.16. The van der Waals surface area contributed by atoms with Crippen LogP contribution in [-0.2, 0) is 6.54 Å². The van der Waals surface area contributed by atoms with Crippen molar-refractivity contribution in [2.45, 2.75) is 57.2 Å². The zero-order valence-corrected chi connectivity index (χ0v) is 13.6. The predicted octanol–water partition coefficient (Wildman–Crippen LogP) is 3.19. The van der Waals surface area contributed by atoms with E-state index in [2.05, 4.69) is 42.3 Å². The van der Waals surface area contributed by atoms with E-state index in [9.17, 15) is 0 Å². The molecule has 1 N–H and O–H groups in total. The van der Waals surface area contributed by atoms with Crippen molar-refractivity contribution in [1.82, 2.24) is 10.2 Å². The van der Waals surface area contributed by atoms with E-state index < -0.39 is 0 Å². The molecule has 3 heteroatoms. The first-order chi connectivity index (χ1) is 10.0. The Morgan fingerprint density at radius 2 is 2.00 bits per heavy atom. The lowest BCUT2D eigenvalue weighted by molar-refractivity contribution is 0.0121. The molecule has 1 spiro atoms. The molecule has 1 saturated heterocycles. The summed E-state index contributed by atoms with van der Waals surface area (Å²) in [7, 11) is 1.74. The lowest BCUT2D eigenvalue weighted by atomic mass is 9.86. The molecule has 1 aromatic carbocycles. The standard InChI is InChI=1S/C18H28N2O/c1-17(2)14-20(18(13-19-17)9-4-5-10-18)12-15-7-6-8-16(11-15)21-3/h6-8,11,19H,4-5,9-10,12-14H2,1-3H3. The molecular weight excluding hydrogens is 260 g/mol. The van der Waals surface area contributed by atoms with Crippen LogP contribution in [0.15, 0.2) is 24.3 Å². The molecule has 2 fully saturated rings. The SMILES string of the molecule is COc1cccc(CN2CC(C)(C)NCC23CCCC3)c1. The van der Waals surface area contributed by atoms with Gasteiger partial charge < -0.3 is 10.1 Å². The van der Waals surface area contributed by atoms with Crippen LogP contribution in [-0.4, -0.2) is 36.2 Å². The molecule has 21 heavy (non-hydrogen) atoms. The molecule has 0 radical (unpaired) electrons. The normalized spacial score (nSPS) is 24.3. The highest BCUT2D eigenvalue weighted by atomic mass is 16.5. The minimum Gasteiger partial charge on any atom is -0.497 e. The Hall–Kier alpha value is -1.06. The van der Waals surface area contributed by atoms with E-state index >= 15 is 0 Å². The largest absolute Gasteiger partial charge is 0.497 e. The van der Waals surface area contributed by atoms with E-state index in [4.69, 9.17) is 4.74 Å². The zero-order chi connectivity index (χ0) is 14.9. The molecule has 3 rings (SSSR count). The first-order valence-electron chi connectivity index (χ1n) is 8.16. The van der Waals surface area contributed by atoms with Crippen molar-refractivity contribution in [2.24, 2.45) is 0 Å². The van der Waals surface area contributed by atoms with Crippen molar-refractivity contribution in [1.29, 1.82) is 0 Å². The smallest absolute Gasteiger partial charge is 0.119 e. The third-order valence-electron chi connectivity index (χ3n) is 5.19. The molecule has 2 aliphatic rings. The Kier molecular flexibility index (Phi) is 3.98. The number of hydrogen-bond acceptors (Lipinski definition) is 3. The van der Waals surface area contributed by atoms with Crippen LogP contribution in [0.4, 0.5) is 0 Å². The maximum absolute atomic E-state index is 5.37. The number of piperazine rings is 1. The zero-order valence-electron chi connectivity index (χ0n) is 13.6. The van der Waals surface area contributed by atoms with E-state index in [1.165, 1.54) is 31.2 Å². The van der Waals surface area contributed by atoms with E-state index in [-0.39, 0.29) is 5.54 Å². The van der Waals surface area contributed by atoms with Crippen LogP contribution in [0.3, 0.4) is 0 Å². The molecular formula is C18H28N2O. The highest BCUT2D eigenvalue weighted by Gasteiger charge is 2.45. The first kappa shape index (κ1) is 14.9. The number of nitrogens with one attached hydrogen (secondary N) is 1. The molecule has 116 valence electrons. The second-order valence-electron chi connectivity index (χ2n) is 7.38. The summed E-state index contributed by atoms with van der Waals surface area (Å²) in [4.78, 5) is 2.73. The molecule has 0 bridgehead atoms. The van der Waals surface area contributed by atoms with Crippen LogP contribution in [0.5, 0.6) is 5.75 Å². The van der Waals surface area contributed by atoms with Crippen LogP contribution >= 0.6 is 0 Å². The third-order valence-corrected chi connectivity index (χ3v) is 5.19. The summed E-state index contributed by atoms with van der Waals surface area (Å²) in [6.07, 6.45) is 5.41. The average Bonchev–Trinajstić information content (AvgIpc) is 2.93. The Labute approximate surface area is 128 Å². The third kappa shape index (κ3) is 3.09. The summed E-state index contributed by atoms with van der Waals surface area (Å²) >= 11 is 0.